The molecule has 2 aliphatic rings. The van der Waals surface area contributed by atoms with Crippen molar-refractivity contribution in [3.05, 3.63) is 222 Å². The molecular formula is C56H42N2. The topological polar surface area (TPSA) is 17.3 Å². The molecule has 1 aliphatic carbocycles. The molecule has 0 atom stereocenters. The van der Waals surface area contributed by atoms with Crippen molar-refractivity contribution in [2.75, 3.05) is 0 Å². The molecule has 2 nitrogen and oxygen atoms in total. The van der Waals surface area contributed by atoms with Crippen LogP contribution in [0.15, 0.2) is 199 Å². The molecule has 2 heterocycles. The number of rotatable bonds is 5. The Kier molecular flexibility index (Phi) is 8.01. The first-order valence-corrected chi connectivity index (χ1v) is 20.4. The first-order valence-electron chi connectivity index (χ1n) is 20.4. The summed E-state index contributed by atoms with van der Waals surface area (Å²) in [4.78, 5) is 5.55. The van der Waals surface area contributed by atoms with Gasteiger partial charge >= 0.3 is 0 Å². The number of aromatic nitrogens is 1. The predicted octanol–water partition coefficient (Wildman–Crippen LogP) is 14.8. The Morgan fingerprint density at radius 3 is 1.86 bits per heavy atom. The highest BCUT2D eigenvalue weighted by Crippen LogP contribution is 2.51. The molecule has 0 spiro atoms. The summed E-state index contributed by atoms with van der Waals surface area (Å²) in [5, 5.41) is 2.54. The highest BCUT2D eigenvalue weighted by molar-refractivity contribution is 6.12. The first kappa shape index (κ1) is 34.2. The molecule has 2 heteroatoms. The monoisotopic (exact) mass is 742 g/mol. The molecule has 8 aromatic carbocycles. The summed E-state index contributed by atoms with van der Waals surface area (Å²) >= 11 is 0. The van der Waals surface area contributed by atoms with E-state index in [-0.39, 0.29) is 5.41 Å². The van der Waals surface area contributed by atoms with Crippen molar-refractivity contribution in [2.24, 2.45) is 4.99 Å². The molecule has 0 amide bonds. The van der Waals surface area contributed by atoms with Gasteiger partial charge in [0.1, 0.15) is 0 Å². The minimum Gasteiger partial charge on any atom is -0.309 e. The molecule has 1 aliphatic heterocycles. The number of allylic oxidation sites excluding steroid dienone is 1. The summed E-state index contributed by atoms with van der Waals surface area (Å²) in [5.41, 5.74) is 20.6. The third-order valence-corrected chi connectivity index (χ3v) is 12.5. The maximum absolute atomic E-state index is 5.55. The Bertz CT molecular complexity index is 3110. The van der Waals surface area contributed by atoms with Crippen LogP contribution in [0.1, 0.15) is 54.5 Å². The molecule has 0 N–H and O–H groups in total. The molecule has 0 radical (unpaired) electrons. The van der Waals surface area contributed by atoms with E-state index in [1.807, 2.05) is 0 Å². The van der Waals surface area contributed by atoms with Gasteiger partial charge < -0.3 is 4.57 Å². The van der Waals surface area contributed by atoms with Crippen LogP contribution in [0.25, 0.3) is 66.4 Å². The maximum Gasteiger partial charge on any atom is 0.0711 e. The minimum absolute atomic E-state index is 0.101. The van der Waals surface area contributed by atoms with Crippen LogP contribution >= 0.6 is 0 Å². The van der Waals surface area contributed by atoms with Gasteiger partial charge in [-0.05, 0) is 117 Å². The van der Waals surface area contributed by atoms with Gasteiger partial charge in [0, 0.05) is 33.1 Å². The number of hydrogen-bond donors (Lipinski definition) is 0. The lowest BCUT2D eigenvalue weighted by Crippen LogP contribution is -2.15. The lowest BCUT2D eigenvalue weighted by molar-refractivity contribution is 0.661. The largest absolute Gasteiger partial charge is 0.309 e. The van der Waals surface area contributed by atoms with Gasteiger partial charge in [-0.15, -0.1) is 0 Å². The van der Waals surface area contributed by atoms with Crippen molar-refractivity contribution < 1.29 is 0 Å². The lowest BCUT2D eigenvalue weighted by atomic mass is 9.82. The molecule has 276 valence electrons. The van der Waals surface area contributed by atoms with Crippen molar-refractivity contribution in [1.29, 1.82) is 0 Å². The van der Waals surface area contributed by atoms with Crippen LogP contribution in [-0.2, 0) is 5.41 Å². The highest BCUT2D eigenvalue weighted by Gasteiger charge is 2.36. The van der Waals surface area contributed by atoms with E-state index in [9.17, 15) is 0 Å². The maximum atomic E-state index is 5.55. The van der Waals surface area contributed by atoms with Crippen molar-refractivity contribution in [1.82, 2.24) is 4.57 Å². The van der Waals surface area contributed by atoms with Gasteiger partial charge in [-0.25, -0.2) is 0 Å². The second-order valence-corrected chi connectivity index (χ2v) is 16.2. The number of fused-ring (bicyclic) bond motifs is 7. The Labute approximate surface area is 340 Å². The van der Waals surface area contributed by atoms with Crippen LogP contribution < -0.4 is 0 Å². The molecular weight excluding hydrogens is 701 g/mol. The van der Waals surface area contributed by atoms with E-state index >= 15 is 0 Å². The first-order chi connectivity index (χ1) is 28.5. The van der Waals surface area contributed by atoms with Crippen LogP contribution in [0.5, 0.6) is 0 Å². The van der Waals surface area contributed by atoms with E-state index < -0.39 is 0 Å². The summed E-state index contributed by atoms with van der Waals surface area (Å²) in [6, 6.07) is 68.9. The van der Waals surface area contributed by atoms with Gasteiger partial charge in [0.15, 0.2) is 0 Å². The van der Waals surface area contributed by atoms with Gasteiger partial charge in [0.25, 0.3) is 0 Å². The normalized spacial score (nSPS) is 16.0. The van der Waals surface area contributed by atoms with Gasteiger partial charge in [-0.3, -0.25) is 4.99 Å². The molecule has 11 rings (SSSR count). The SMILES string of the molecule is CC1(C)c2ccccc2-c2cc3c4ccccc4n(-c4cc(/C5=N/c6ccccc6/C(c6ccc(-c7ccccc7)cc6)=C\CC5)cc(-c5ccccc5)c4)c3cc21. The zero-order chi connectivity index (χ0) is 38.8. The number of aliphatic imine (C=N–C) groups is 1. The molecule has 0 saturated carbocycles. The quantitative estimate of drug-likeness (QED) is 0.167. The Morgan fingerprint density at radius 1 is 0.448 bits per heavy atom. The highest BCUT2D eigenvalue weighted by atomic mass is 15.0. The molecule has 1 aromatic heterocycles. The summed E-state index contributed by atoms with van der Waals surface area (Å²) < 4.78 is 2.49. The fourth-order valence-corrected chi connectivity index (χ4v) is 9.56. The van der Waals surface area contributed by atoms with E-state index in [0.29, 0.717) is 0 Å². The summed E-state index contributed by atoms with van der Waals surface area (Å²) in [6.07, 6.45) is 4.12. The Balaban J connectivity index is 1.08. The average molecular weight is 743 g/mol. The molecule has 0 fully saturated rings. The predicted molar refractivity (Wildman–Crippen MR) is 245 cm³/mol. The molecule has 0 saturated heterocycles. The van der Waals surface area contributed by atoms with Gasteiger partial charge in [0.05, 0.1) is 16.7 Å². The fourth-order valence-electron chi connectivity index (χ4n) is 9.56. The zero-order valence-corrected chi connectivity index (χ0v) is 32.8. The Morgan fingerprint density at radius 2 is 1.07 bits per heavy atom. The van der Waals surface area contributed by atoms with E-state index in [1.54, 1.807) is 0 Å². The standard InChI is InChI=1S/C56H42N2/c1-56(2)50-24-12-9-20-45(50)48-35-49-47-22-11-14-27-54(47)58(55(49)36-51(48)56)43-33-41(38-18-7-4-8-19-38)32-42(34-43)52-26-15-23-44(46-21-10-13-25-53(46)57-52)40-30-28-39(29-31-40)37-16-5-3-6-17-37/h3-14,16-25,27-36H,15,26H2,1-2H3/b44-23-,57-52+. The smallest absolute Gasteiger partial charge is 0.0711 e. The second-order valence-electron chi connectivity index (χ2n) is 16.2. The fraction of sp³-hybridized carbons (Fsp3) is 0.0893. The number of para-hydroxylation sites is 2. The van der Waals surface area contributed by atoms with Crippen molar-refractivity contribution in [3.8, 4) is 39.1 Å². The lowest BCUT2D eigenvalue weighted by Gasteiger charge is -2.22. The number of benzene rings is 8. The van der Waals surface area contributed by atoms with Crippen molar-refractivity contribution in [3.63, 3.8) is 0 Å². The van der Waals surface area contributed by atoms with Crippen LogP contribution in [0.2, 0.25) is 0 Å². The van der Waals surface area contributed by atoms with E-state index in [1.165, 1.54) is 77.5 Å². The zero-order valence-electron chi connectivity index (χ0n) is 32.8. The van der Waals surface area contributed by atoms with Crippen molar-refractivity contribution in [2.45, 2.75) is 32.1 Å². The van der Waals surface area contributed by atoms with Crippen molar-refractivity contribution >= 4 is 38.8 Å². The van der Waals surface area contributed by atoms with Gasteiger partial charge in [-0.2, -0.15) is 0 Å². The molecule has 9 aromatic rings. The molecule has 0 bridgehead atoms. The van der Waals surface area contributed by atoms with E-state index in [4.69, 9.17) is 4.99 Å². The van der Waals surface area contributed by atoms with Gasteiger partial charge in [-0.1, -0.05) is 166 Å². The Hall–Kier alpha value is -7.03. The summed E-state index contributed by atoms with van der Waals surface area (Å²) in [7, 11) is 0. The average Bonchev–Trinajstić information content (AvgIpc) is 3.71. The number of hydrogen-bond acceptors (Lipinski definition) is 1. The van der Waals surface area contributed by atoms with Crippen LogP contribution in [0.3, 0.4) is 0 Å². The molecule has 0 unspecified atom stereocenters. The third kappa shape index (κ3) is 5.59. The number of nitrogens with zero attached hydrogens (tertiary/aromatic N) is 2. The summed E-state index contributed by atoms with van der Waals surface area (Å²) in [6.45, 7) is 4.74. The van der Waals surface area contributed by atoms with Crippen LogP contribution in [0.4, 0.5) is 5.69 Å². The van der Waals surface area contributed by atoms with Gasteiger partial charge in [0.2, 0.25) is 0 Å². The third-order valence-electron chi connectivity index (χ3n) is 12.5. The van der Waals surface area contributed by atoms with E-state index in [0.717, 1.165) is 41.1 Å². The summed E-state index contributed by atoms with van der Waals surface area (Å²) in [5.74, 6) is 0. The molecule has 58 heavy (non-hydrogen) atoms. The van der Waals surface area contributed by atoms with E-state index in [2.05, 4.69) is 213 Å². The van der Waals surface area contributed by atoms with Crippen LogP contribution in [0, 0.1) is 0 Å². The minimum atomic E-state index is -0.101. The van der Waals surface area contributed by atoms with Crippen LogP contribution in [-0.4, -0.2) is 10.3 Å². The second kappa shape index (κ2) is 13.6.